The third kappa shape index (κ3) is 5.54. The summed E-state index contributed by atoms with van der Waals surface area (Å²) < 4.78 is 5.43. The van der Waals surface area contributed by atoms with Crippen molar-refractivity contribution in [1.29, 1.82) is 0 Å². The second kappa shape index (κ2) is 7.35. The number of aryl methyl sites for hydroxylation is 2. The molecule has 23 heavy (non-hydrogen) atoms. The molecule has 0 radical (unpaired) electrons. The predicted octanol–water partition coefficient (Wildman–Crippen LogP) is 3.65. The molecule has 0 saturated carbocycles. The van der Waals surface area contributed by atoms with Gasteiger partial charge in [-0.1, -0.05) is 18.2 Å². The summed E-state index contributed by atoms with van der Waals surface area (Å²) in [5, 5.41) is 3.52. The van der Waals surface area contributed by atoms with Crippen LogP contribution in [0.3, 0.4) is 0 Å². The third-order valence-corrected chi connectivity index (χ3v) is 4.27. The van der Waals surface area contributed by atoms with Gasteiger partial charge in [0, 0.05) is 26.2 Å². The number of rotatable bonds is 4. The van der Waals surface area contributed by atoms with Crippen LogP contribution in [0.5, 0.6) is 0 Å². The summed E-state index contributed by atoms with van der Waals surface area (Å²) in [6.45, 7) is 13.4. The number of benzene rings is 1. The Morgan fingerprint density at radius 1 is 1.30 bits per heavy atom. The van der Waals surface area contributed by atoms with Gasteiger partial charge in [0.2, 0.25) is 0 Å². The Hall–Kier alpha value is -1.55. The Morgan fingerprint density at radius 2 is 2.04 bits per heavy atom. The maximum Gasteiger partial charge on any atom is 0.410 e. The van der Waals surface area contributed by atoms with Crippen molar-refractivity contribution in [1.82, 2.24) is 10.2 Å². The molecule has 1 heterocycles. The number of nitrogens with one attached hydrogen (secondary N) is 1. The number of likely N-dealkylation sites (tertiary alicyclic amines) is 1. The standard InChI is InChI=1S/C19H30N2O2/c1-14-6-7-16(10-15(14)2)11-20-12-17-8-9-21(13-17)18(22)23-19(3,4)5/h6-7,10,17,20H,8-9,11-13H2,1-5H3. The summed E-state index contributed by atoms with van der Waals surface area (Å²) in [7, 11) is 0. The maximum atomic E-state index is 12.1. The average Bonchev–Trinajstić information content (AvgIpc) is 2.90. The Labute approximate surface area is 140 Å². The molecular formula is C19H30N2O2. The van der Waals surface area contributed by atoms with Gasteiger partial charge in [-0.15, -0.1) is 0 Å². The third-order valence-electron chi connectivity index (χ3n) is 4.27. The van der Waals surface area contributed by atoms with E-state index in [1.54, 1.807) is 0 Å². The quantitative estimate of drug-likeness (QED) is 0.921. The summed E-state index contributed by atoms with van der Waals surface area (Å²) in [5.74, 6) is 0.508. The molecule has 2 rings (SSSR count). The van der Waals surface area contributed by atoms with Crippen molar-refractivity contribution >= 4 is 6.09 Å². The maximum absolute atomic E-state index is 12.1. The van der Waals surface area contributed by atoms with E-state index in [2.05, 4.69) is 37.4 Å². The van der Waals surface area contributed by atoms with Crippen molar-refractivity contribution in [2.75, 3.05) is 19.6 Å². The van der Waals surface area contributed by atoms with Crippen molar-refractivity contribution in [3.8, 4) is 0 Å². The van der Waals surface area contributed by atoms with Gasteiger partial charge in [0.05, 0.1) is 0 Å². The van der Waals surface area contributed by atoms with Crippen molar-refractivity contribution in [2.45, 2.75) is 53.2 Å². The normalized spacial score (nSPS) is 18.3. The van der Waals surface area contributed by atoms with Gasteiger partial charge >= 0.3 is 6.09 Å². The molecule has 0 bridgehead atoms. The van der Waals surface area contributed by atoms with Gasteiger partial charge in [0.15, 0.2) is 0 Å². The van der Waals surface area contributed by atoms with Crippen LogP contribution in [0.25, 0.3) is 0 Å². The predicted molar refractivity (Wildman–Crippen MR) is 93.5 cm³/mol. The van der Waals surface area contributed by atoms with Gasteiger partial charge in [0.1, 0.15) is 5.60 Å². The molecule has 0 spiro atoms. The molecule has 1 N–H and O–H groups in total. The molecule has 1 aliphatic heterocycles. The molecule has 1 atom stereocenters. The SMILES string of the molecule is Cc1ccc(CNCC2CCN(C(=O)OC(C)(C)C)C2)cc1C. The van der Waals surface area contributed by atoms with Gasteiger partial charge in [-0.05, 0) is 63.6 Å². The van der Waals surface area contributed by atoms with Crippen molar-refractivity contribution < 1.29 is 9.53 Å². The number of hydrogen-bond donors (Lipinski definition) is 1. The summed E-state index contributed by atoms with van der Waals surface area (Å²) in [4.78, 5) is 13.9. The minimum Gasteiger partial charge on any atom is -0.444 e. The molecule has 1 fully saturated rings. The van der Waals surface area contributed by atoms with Crippen molar-refractivity contribution in [3.05, 3.63) is 34.9 Å². The Balaban J connectivity index is 1.73. The Morgan fingerprint density at radius 3 is 2.70 bits per heavy atom. The van der Waals surface area contributed by atoms with Crippen LogP contribution in [-0.2, 0) is 11.3 Å². The Kier molecular flexibility index (Phi) is 5.69. The monoisotopic (exact) mass is 318 g/mol. The summed E-state index contributed by atoms with van der Waals surface area (Å²) in [5.41, 5.74) is 3.56. The topological polar surface area (TPSA) is 41.6 Å². The molecule has 0 aliphatic carbocycles. The molecule has 4 heteroatoms. The second-order valence-electron chi connectivity index (χ2n) is 7.63. The smallest absolute Gasteiger partial charge is 0.410 e. The first-order chi connectivity index (χ1) is 10.7. The number of nitrogens with zero attached hydrogens (tertiary/aromatic N) is 1. The van der Waals surface area contributed by atoms with E-state index in [-0.39, 0.29) is 6.09 Å². The number of ether oxygens (including phenoxy) is 1. The van der Waals surface area contributed by atoms with E-state index in [1.807, 2.05) is 25.7 Å². The first-order valence-corrected chi connectivity index (χ1v) is 8.49. The van der Waals surface area contributed by atoms with Gasteiger partial charge in [-0.3, -0.25) is 0 Å². The molecule has 1 aromatic carbocycles. The number of hydrogen-bond acceptors (Lipinski definition) is 3. The van der Waals surface area contributed by atoms with Crippen LogP contribution in [0.1, 0.15) is 43.9 Å². The van der Waals surface area contributed by atoms with Crippen LogP contribution in [0, 0.1) is 19.8 Å². The van der Waals surface area contributed by atoms with Crippen LogP contribution in [0.15, 0.2) is 18.2 Å². The lowest BCUT2D eigenvalue weighted by Gasteiger charge is -2.24. The zero-order chi connectivity index (χ0) is 17.0. The summed E-state index contributed by atoms with van der Waals surface area (Å²) >= 11 is 0. The molecule has 1 unspecified atom stereocenters. The molecule has 1 aromatic rings. The van der Waals surface area contributed by atoms with E-state index in [0.717, 1.165) is 32.6 Å². The fourth-order valence-corrected chi connectivity index (χ4v) is 2.83. The molecule has 1 saturated heterocycles. The summed E-state index contributed by atoms with van der Waals surface area (Å²) in [6, 6.07) is 6.59. The van der Waals surface area contributed by atoms with E-state index in [4.69, 9.17) is 4.74 Å². The lowest BCUT2D eigenvalue weighted by atomic mass is 10.1. The van der Waals surface area contributed by atoms with Crippen molar-refractivity contribution in [3.63, 3.8) is 0 Å². The first kappa shape index (κ1) is 17.8. The van der Waals surface area contributed by atoms with Crippen LogP contribution >= 0.6 is 0 Å². The highest BCUT2D eigenvalue weighted by Gasteiger charge is 2.29. The number of carbonyl (C=O) groups is 1. The van der Waals surface area contributed by atoms with E-state index in [9.17, 15) is 4.79 Å². The fourth-order valence-electron chi connectivity index (χ4n) is 2.83. The average molecular weight is 318 g/mol. The van der Waals surface area contributed by atoms with Crippen LogP contribution < -0.4 is 5.32 Å². The first-order valence-electron chi connectivity index (χ1n) is 8.49. The molecule has 1 amide bonds. The summed E-state index contributed by atoms with van der Waals surface area (Å²) in [6.07, 6.45) is 0.855. The highest BCUT2D eigenvalue weighted by Crippen LogP contribution is 2.19. The second-order valence-corrected chi connectivity index (χ2v) is 7.63. The molecule has 4 nitrogen and oxygen atoms in total. The zero-order valence-electron chi connectivity index (χ0n) is 15.1. The van der Waals surface area contributed by atoms with Gasteiger partial charge < -0.3 is 15.0 Å². The van der Waals surface area contributed by atoms with Crippen LogP contribution in [0.2, 0.25) is 0 Å². The van der Waals surface area contributed by atoms with Gasteiger partial charge in [0.25, 0.3) is 0 Å². The largest absolute Gasteiger partial charge is 0.444 e. The lowest BCUT2D eigenvalue weighted by Crippen LogP contribution is -2.36. The van der Waals surface area contributed by atoms with Crippen LogP contribution in [0.4, 0.5) is 4.79 Å². The molecular weight excluding hydrogens is 288 g/mol. The van der Waals surface area contributed by atoms with E-state index in [1.165, 1.54) is 16.7 Å². The highest BCUT2D eigenvalue weighted by atomic mass is 16.6. The zero-order valence-corrected chi connectivity index (χ0v) is 15.1. The van der Waals surface area contributed by atoms with E-state index in [0.29, 0.717) is 5.92 Å². The van der Waals surface area contributed by atoms with Gasteiger partial charge in [-0.25, -0.2) is 4.79 Å². The molecule has 1 aliphatic rings. The minimum atomic E-state index is -0.420. The number of carbonyl (C=O) groups excluding carboxylic acids is 1. The van der Waals surface area contributed by atoms with Crippen LogP contribution in [-0.4, -0.2) is 36.2 Å². The van der Waals surface area contributed by atoms with Gasteiger partial charge in [-0.2, -0.15) is 0 Å². The molecule has 128 valence electrons. The number of amides is 1. The Bertz CT molecular complexity index is 549. The van der Waals surface area contributed by atoms with E-state index >= 15 is 0 Å². The van der Waals surface area contributed by atoms with E-state index < -0.39 is 5.60 Å². The molecule has 0 aromatic heterocycles. The fraction of sp³-hybridized carbons (Fsp3) is 0.632. The lowest BCUT2D eigenvalue weighted by molar-refractivity contribution is 0.0288. The van der Waals surface area contributed by atoms with Crippen molar-refractivity contribution in [2.24, 2.45) is 5.92 Å². The minimum absolute atomic E-state index is 0.186. The highest BCUT2D eigenvalue weighted by molar-refractivity contribution is 5.68.